The highest BCUT2D eigenvalue weighted by Gasteiger charge is 2.24. The van der Waals surface area contributed by atoms with Crippen LogP contribution in [0.25, 0.3) is 0 Å². The van der Waals surface area contributed by atoms with Crippen LogP contribution in [0.4, 0.5) is 0 Å². The molecule has 0 aliphatic heterocycles. The Labute approximate surface area is 202 Å². The van der Waals surface area contributed by atoms with Gasteiger partial charge in [-0.2, -0.15) is 0 Å². The Kier molecular flexibility index (Phi) is 9.41. The summed E-state index contributed by atoms with van der Waals surface area (Å²) in [5, 5.41) is 2.51. The number of nitrogens with two attached hydrogens (primary N) is 2. The maximum Gasteiger partial charge on any atom is 0.328 e. The van der Waals surface area contributed by atoms with Crippen LogP contribution in [-0.4, -0.2) is 49.5 Å². The summed E-state index contributed by atoms with van der Waals surface area (Å²) in [5.74, 6) is -1.34. The fourth-order valence-corrected chi connectivity index (χ4v) is 4.02. The van der Waals surface area contributed by atoms with Gasteiger partial charge in [0.1, 0.15) is 16.0 Å². The molecule has 2 aromatic carbocycles. The van der Waals surface area contributed by atoms with Crippen LogP contribution in [0.1, 0.15) is 23.6 Å². The van der Waals surface area contributed by atoms with Gasteiger partial charge in [-0.25, -0.2) is 17.9 Å². The number of thiocarbonyl (C=S) groups is 2. The number of hydrogen-bond acceptors (Lipinski definition) is 7. The molecular formula is C21H24N4O5S3. The Balaban J connectivity index is 2.05. The predicted octanol–water partition coefficient (Wildman–Crippen LogP) is 0.524. The molecular weight excluding hydrogens is 484 g/mol. The molecule has 6 N–H and O–H groups in total. The van der Waals surface area contributed by atoms with E-state index in [0.717, 1.165) is 5.56 Å². The molecule has 1 unspecified atom stereocenters. The molecule has 0 spiro atoms. The highest BCUT2D eigenvalue weighted by atomic mass is 32.2. The molecule has 0 aliphatic carbocycles. The zero-order valence-corrected chi connectivity index (χ0v) is 20.2. The molecule has 0 heterocycles. The van der Waals surface area contributed by atoms with Crippen molar-refractivity contribution < 1.29 is 22.7 Å². The fourth-order valence-electron chi connectivity index (χ4n) is 2.76. The molecule has 0 aliphatic rings. The molecule has 2 rings (SSSR count). The molecule has 0 fully saturated rings. The number of benzene rings is 2. The zero-order valence-electron chi connectivity index (χ0n) is 17.7. The molecule has 176 valence electrons. The lowest BCUT2D eigenvalue weighted by Gasteiger charge is -2.18. The minimum Gasteiger partial charge on any atom is -0.464 e. The summed E-state index contributed by atoms with van der Waals surface area (Å²) in [6.07, 6.45) is 0.134. The van der Waals surface area contributed by atoms with Crippen molar-refractivity contribution in [2.45, 2.75) is 24.3 Å². The second-order valence-corrected chi connectivity index (χ2v) is 9.50. The van der Waals surface area contributed by atoms with Crippen LogP contribution in [0.2, 0.25) is 0 Å². The minimum absolute atomic E-state index is 0.0600. The number of hydrogen-bond donors (Lipinski definition) is 4. The highest BCUT2D eigenvalue weighted by molar-refractivity contribution is 7.89. The molecule has 33 heavy (non-hydrogen) atoms. The van der Waals surface area contributed by atoms with E-state index in [1.165, 1.54) is 24.3 Å². The lowest BCUT2D eigenvalue weighted by Crippen LogP contribution is -2.47. The van der Waals surface area contributed by atoms with E-state index in [0.29, 0.717) is 11.1 Å². The largest absolute Gasteiger partial charge is 0.464 e. The van der Waals surface area contributed by atoms with Crippen molar-refractivity contribution in [3.63, 3.8) is 0 Å². The van der Waals surface area contributed by atoms with Crippen LogP contribution in [0, 0.1) is 0 Å². The maximum absolute atomic E-state index is 12.5. The van der Waals surface area contributed by atoms with Gasteiger partial charge in [0.25, 0.3) is 0 Å². The normalized spacial score (nSPS) is 11.9. The van der Waals surface area contributed by atoms with Crippen molar-refractivity contribution in [1.82, 2.24) is 10.0 Å². The van der Waals surface area contributed by atoms with Gasteiger partial charge in [0.05, 0.1) is 18.0 Å². The molecule has 9 nitrogen and oxygen atoms in total. The molecule has 1 atom stereocenters. The molecule has 0 bridgehead atoms. The average Bonchev–Trinajstić information content (AvgIpc) is 2.78. The van der Waals surface area contributed by atoms with E-state index in [2.05, 4.69) is 10.0 Å². The summed E-state index contributed by atoms with van der Waals surface area (Å²) in [7, 11) is -3.97. The van der Waals surface area contributed by atoms with Gasteiger partial charge in [0, 0.05) is 17.5 Å². The molecule has 0 saturated heterocycles. The van der Waals surface area contributed by atoms with Crippen molar-refractivity contribution in [2.75, 3.05) is 13.2 Å². The average molecular weight is 509 g/mol. The van der Waals surface area contributed by atoms with Crippen LogP contribution < -0.4 is 21.5 Å². The first kappa shape index (κ1) is 26.3. The standard InChI is InChI=1S/C21H24N4O5S3/c1-2-30-21(27)17(11-13-3-5-14(6-4-13)19(22)31)25-18(26)12-24-33(28,29)16-9-7-15(8-10-16)20(23)32/h3-10,17,24H,2,11-12H2,1H3,(H2,22,31)(H2,23,32)(H,25,26). The number of amides is 1. The molecule has 0 saturated carbocycles. The molecule has 12 heteroatoms. The SMILES string of the molecule is CCOC(=O)C(Cc1ccc(C(N)=S)cc1)NC(=O)CNS(=O)(=O)c1ccc(C(N)=S)cc1. The maximum atomic E-state index is 12.5. The summed E-state index contributed by atoms with van der Waals surface area (Å²) in [4.78, 5) is 25.1. The number of ether oxygens (including phenoxy) is 1. The van der Waals surface area contributed by atoms with Crippen LogP contribution >= 0.6 is 24.4 Å². The van der Waals surface area contributed by atoms with Gasteiger partial charge in [-0.05, 0) is 24.6 Å². The molecule has 0 aromatic heterocycles. The quantitative estimate of drug-likeness (QED) is 0.251. The topological polar surface area (TPSA) is 154 Å². The minimum atomic E-state index is -3.97. The van der Waals surface area contributed by atoms with Crippen molar-refractivity contribution in [1.29, 1.82) is 0 Å². The first-order chi connectivity index (χ1) is 15.5. The van der Waals surface area contributed by atoms with E-state index >= 15 is 0 Å². The molecule has 2 aromatic rings. The molecule has 0 radical (unpaired) electrons. The van der Waals surface area contributed by atoms with E-state index in [1.54, 1.807) is 31.2 Å². The number of rotatable bonds is 11. The van der Waals surface area contributed by atoms with Gasteiger partial charge >= 0.3 is 5.97 Å². The van der Waals surface area contributed by atoms with Gasteiger partial charge in [-0.15, -0.1) is 0 Å². The summed E-state index contributed by atoms with van der Waals surface area (Å²) in [6, 6.07) is 11.4. The van der Waals surface area contributed by atoms with Crippen LogP contribution in [0.3, 0.4) is 0 Å². The third-order valence-corrected chi connectivity index (χ3v) is 6.35. The summed E-state index contributed by atoms with van der Waals surface area (Å²) >= 11 is 9.76. The number of sulfonamides is 1. The highest BCUT2D eigenvalue weighted by Crippen LogP contribution is 2.11. The first-order valence-corrected chi connectivity index (χ1v) is 12.1. The van der Waals surface area contributed by atoms with Gasteiger partial charge in [0.2, 0.25) is 15.9 Å². The second kappa shape index (κ2) is 11.8. The van der Waals surface area contributed by atoms with Gasteiger partial charge in [-0.1, -0.05) is 60.8 Å². The third kappa shape index (κ3) is 7.86. The second-order valence-electron chi connectivity index (χ2n) is 6.85. The van der Waals surface area contributed by atoms with Gasteiger partial charge in [0.15, 0.2) is 0 Å². The van der Waals surface area contributed by atoms with Gasteiger partial charge in [-0.3, -0.25) is 4.79 Å². The van der Waals surface area contributed by atoms with E-state index in [1.807, 2.05) is 0 Å². The fraction of sp³-hybridized carbons (Fsp3) is 0.238. The Morgan fingerprint density at radius 2 is 1.48 bits per heavy atom. The zero-order chi connectivity index (χ0) is 24.6. The van der Waals surface area contributed by atoms with E-state index in [-0.39, 0.29) is 27.9 Å². The van der Waals surface area contributed by atoms with E-state index < -0.39 is 34.5 Å². The first-order valence-electron chi connectivity index (χ1n) is 9.77. The molecule has 1 amide bonds. The smallest absolute Gasteiger partial charge is 0.328 e. The van der Waals surface area contributed by atoms with Crippen LogP contribution in [-0.2, 0) is 30.8 Å². The van der Waals surface area contributed by atoms with Crippen molar-refractivity contribution in [2.24, 2.45) is 11.5 Å². The lowest BCUT2D eigenvalue weighted by atomic mass is 10.0. The Hall–Kier alpha value is -2.93. The summed E-state index contributed by atoms with van der Waals surface area (Å²) in [6.45, 7) is 1.20. The number of nitrogens with one attached hydrogen (secondary N) is 2. The van der Waals surface area contributed by atoms with Crippen molar-refractivity contribution in [3.8, 4) is 0 Å². The number of carbonyl (C=O) groups is 2. The van der Waals surface area contributed by atoms with Gasteiger partial charge < -0.3 is 21.5 Å². The summed E-state index contributed by atoms with van der Waals surface area (Å²) in [5.41, 5.74) is 13.0. The van der Waals surface area contributed by atoms with Crippen LogP contribution in [0.15, 0.2) is 53.4 Å². The van der Waals surface area contributed by atoms with E-state index in [4.69, 9.17) is 40.6 Å². The third-order valence-electron chi connectivity index (χ3n) is 4.46. The Morgan fingerprint density at radius 1 is 0.970 bits per heavy atom. The van der Waals surface area contributed by atoms with E-state index in [9.17, 15) is 18.0 Å². The Morgan fingerprint density at radius 3 is 1.97 bits per heavy atom. The lowest BCUT2D eigenvalue weighted by molar-refractivity contribution is -0.147. The number of carbonyl (C=O) groups excluding carboxylic acids is 2. The number of esters is 1. The Bertz CT molecular complexity index is 1130. The monoisotopic (exact) mass is 508 g/mol. The van der Waals surface area contributed by atoms with Crippen molar-refractivity contribution >= 4 is 56.3 Å². The summed E-state index contributed by atoms with van der Waals surface area (Å²) < 4.78 is 32.1. The van der Waals surface area contributed by atoms with Crippen LogP contribution in [0.5, 0.6) is 0 Å². The predicted molar refractivity (Wildman–Crippen MR) is 132 cm³/mol. The van der Waals surface area contributed by atoms with Crippen molar-refractivity contribution in [3.05, 3.63) is 65.2 Å².